The average Bonchev–Trinajstić information content (AvgIpc) is 3.02. The number of carbonyl (C=O) groups is 2. The van der Waals surface area contributed by atoms with E-state index in [2.05, 4.69) is 10.3 Å². The maximum Gasteiger partial charge on any atom is 0.374 e. The molecule has 7 heteroatoms. The highest BCUT2D eigenvalue weighted by Crippen LogP contribution is 2.20. The predicted molar refractivity (Wildman–Crippen MR) is 83.0 cm³/mol. The second-order valence-electron chi connectivity index (χ2n) is 4.92. The van der Waals surface area contributed by atoms with Gasteiger partial charge in [-0.2, -0.15) is 0 Å². The lowest BCUT2D eigenvalue weighted by atomic mass is 10.2. The van der Waals surface area contributed by atoms with Gasteiger partial charge in [0.1, 0.15) is 18.0 Å². The van der Waals surface area contributed by atoms with Gasteiger partial charge in [0.25, 0.3) is 5.91 Å². The van der Waals surface area contributed by atoms with Crippen LogP contribution in [0.25, 0.3) is 11.0 Å². The molecule has 0 aliphatic heterocycles. The summed E-state index contributed by atoms with van der Waals surface area (Å²) in [5.74, 6) is -1.39. The number of rotatable bonds is 5. The highest BCUT2D eigenvalue weighted by atomic mass is 19.1. The van der Waals surface area contributed by atoms with Gasteiger partial charge in [-0.05, 0) is 36.4 Å². The van der Waals surface area contributed by atoms with Crippen LogP contribution in [0.4, 0.5) is 4.39 Å². The third-order valence-corrected chi connectivity index (χ3v) is 3.24. The molecule has 0 bridgehead atoms. The van der Waals surface area contributed by atoms with Crippen LogP contribution in [0.5, 0.6) is 0 Å². The van der Waals surface area contributed by atoms with Crippen LogP contribution in [0, 0.1) is 5.82 Å². The minimum absolute atomic E-state index is 0.0128. The molecular formula is C17H13FN2O4. The van der Waals surface area contributed by atoms with E-state index < -0.39 is 11.8 Å². The van der Waals surface area contributed by atoms with Gasteiger partial charge < -0.3 is 14.5 Å². The Kier molecular flexibility index (Phi) is 4.51. The van der Waals surface area contributed by atoms with Crippen LogP contribution in [-0.2, 0) is 4.74 Å². The number of amides is 1. The molecule has 0 spiro atoms. The predicted octanol–water partition coefficient (Wildman–Crippen LogP) is 2.55. The molecule has 122 valence electrons. The Labute approximate surface area is 136 Å². The largest absolute Gasteiger partial charge is 0.458 e. The summed E-state index contributed by atoms with van der Waals surface area (Å²) in [6.45, 7) is 0.142. The summed E-state index contributed by atoms with van der Waals surface area (Å²) in [5.41, 5.74) is 0.866. The van der Waals surface area contributed by atoms with E-state index in [1.165, 1.54) is 36.7 Å². The first-order valence-electron chi connectivity index (χ1n) is 7.18. The second kappa shape index (κ2) is 6.91. The average molecular weight is 328 g/mol. The third-order valence-electron chi connectivity index (χ3n) is 3.24. The lowest BCUT2D eigenvalue weighted by Gasteiger charge is -2.05. The number of hydrogen-bond donors (Lipinski definition) is 1. The van der Waals surface area contributed by atoms with Gasteiger partial charge in [-0.3, -0.25) is 9.78 Å². The number of pyridine rings is 1. The van der Waals surface area contributed by atoms with Crippen LogP contribution in [-0.4, -0.2) is 30.0 Å². The Morgan fingerprint density at radius 2 is 1.96 bits per heavy atom. The molecule has 24 heavy (non-hydrogen) atoms. The van der Waals surface area contributed by atoms with Crippen molar-refractivity contribution in [3.63, 3.8) is 0 Å². The van der Waals surface area contributed by atoms with Gasteiger partial charge in [-0.15, -0.1) is 0 Å². The van der Waals surface area contributed by atoms with Gasteiger partial charge in [0.15, 0.2) is 0 Å². The quantitative estimate of drug-likeness (QED) is 0.575. The molecule has 1 amide bonds. The number of aromatic nitrogens is 1. The number of nitrogens with one attached hydrogen (secondary N) is 1. The van der Waals surface area contributed by atoms with Crippen LogP contribution < -0.4 is 5.32 Å². The number of benzene rings is 1. The maximum absolute atomic E-state index is 13.1. The molecule has 0 unspecified atom stereocenters. The Morgan fingerprint density at radius 3 is 2.75 bits per heavy atom. The Hall–Kier alpha value is -3.22. The molecule has 6 nitrogen and oxygen atoms in total. The minimum atomic E-state index is -0.676. The van der Waals surface area contributed by atoms with Crippen molar-refractivity contribution in [2.45, 2.75) is 0 Å². The Morgan fingerprint density at radius 1 is 1.17 bits per heavy atom. The lowest BCUT2D eigenvalue weighted by Crippen LogP contribution is -2.28. The fraction of sp³-hybridized carbons (Fsp3) is 0.118. The molecule has 1 N–H and O–H groups in total. The number of nitrogens with zero attached hydrogens (tertiary/aromatic N) is 1. The Balaban J connectivity index is 1.51. The van der Waals surface area contributed by atoms with Gasteiger partial charge in [-0.25, -0.2) is 9.18 Å². The van der Waals surface area contributed by atoms with Crippen LogP contribution in [0.1, 0.15) is 20.9 Å². The number of halogens is 1. The van der Waals surface area contributed by atoms with Gasteiger partial charge in [0.05, 0.1) is 6.54 Å². The molecule has 0 aliphatic carbocycles. The summed E-state index contributed by atoms with van der Waals surface area (Å²) < 4.78 is 23.4. The fourth-order valence-corrected chi connectivity index (χ4v) is 2.10. The minimum Gasteiger partial charge on any atom is -0.458 e. The zero-order valence-corrected chi connectivity index (χ0v) is 12.5. The van der Waals surface area contributed by atoms with Gasteiger partial charge in [-0.1, -0.05) is 0 Å². The SMILES string of the molecule is O=C(NCCOC(=O)c1cc2cc(F)ccc2o1)c1ccncc1. The summed E-state index contributed by atoms with van der Waals surface area (Å²) in [5, 5.41) is 3.10. The van der Waals surface area contributed by atoms with E-state index in [0.29, 0.717) is 16.5 Å². The molecule has 0 fully saturated rings. The molecule has 2 aromatic heterocycles. The van der Waals surface area contributed by atoms with E-state index >= 15 is 0 Å². The molecule has 0 atom stereocenters. The molecular weight excluding hydrogens is 315 g/mol. The Bertz CT molecular complexity index is 877. The van der Waals surface area contributed by atoms with Crippen molar-refractivity contribution in [1.29, 1.82) is 0 Å². The molecule has 0 saturated carbocycles. The monoisotopic (exact) mass is 328 g/mol. The van der Waals surface area contributed by atoms with Crippen LogP contribution >= 0.6 is 0 Å². The standard InChI is InChI=1S/C17H13FN2O4/c18-13-1-2-14-12(9-13)10-15(24-14)17(22)23-8-7-20-16(21)11-3-5-19-6-4-11/h1-6,9-10H,7-8H2,(H,20,21). The van der Waals surface area contributed by atoms with Gasteiger partial charge in [0.2, 0.25) is 5.76 Å². The first-order valence-corrected chi connectivity index (χ1v) is 7.18. The van der Waals surface area contributed by atoms with Crippen LogP contribution in [0.15, 0.2) is 53.2 Å². The molecule has 3 rings (SSSR count). The summed E-state index contributed by atoms with van der Waals surface area (Å²) in [7, 11) is 0. The van der Waals surface area contributed by atoms with Crippen molar-refractivity contribution in [3.8, 4) is 0 Å². The second-order valence-corrected chi connectivity index (χ2v) is 4.92. The topological polar surface area (TPSA) is 81.4 Å². The normalized spacial score (nSPS) is 10.5. The highest BCUT2D eigenvalue weighted by Gasteiger charge is 2.14. The first-order chi connectivity index (χ1) is 11.6. The van der Waals surface area contributed by atoms with Crippen molar-refractivity contribution in [2.75, 3.05) is 13.2 Å². The summed E-state index contributed by atoms with van der Waals surface area (Å²) in [6, 6.07) is 8.52. The van der Waals surface area contributed by atoms with E-state index in [-0.39, 0.29) is 24.8 Å². The molecule has 1 aromatic carbocycles. The number of hydrogen-bond acceptors (Lipinski definition) is 5. The number of ether oxygens (including phenoxy) is 1. The van der Waals surface area contributed by atoms with Crippen molar-refractivity contribution >= 4 is 22.8 Å². The number of furan rings is 1. The number of fused-ring (bicyclic) bond motifs is 1. The van der Waals surface area contributed by atoms with Crippen LogP contribution in [0.3, 0.4) is 0 Å². The van der Waals surface area contributed by atoms with E-state index in [9.17, 15) is 14.0 Å². The molecule has 0 saturated heterocycles. The summed E-state index contributed by atoms with van der Waals surface area (Å²) in [4.78, 5) is 27.5. The molecule has 0 radical (unpaired) electrons. The molecule has 0 aliphatic rings. The molecule has 2 heterocycles. The molecule has 3 aromatic rings. The van der Waals surface area contributed by atoms with Crippen LogP contribution in [0.2, 0.25) is 0 Å². The van der Waals surface area contributed by atoms with Gasteiger partial charge in [0, 0.05) is 23.3 Å². The van der Waals surface area contributed by atoms with Crippen molar-refractivity contribution < 1.29 is 23.1 Å². The van der Waals surface area contributed by atoms with E-state index in [1.54, 1.807) is 12.1 Å². The number of carbonyl (C=O) groups excluding carboxylic acids is 2. The maximum atomic E-state index is 13.1. The first kappa shape index (κ1) is 15.7. The lowest BCUT2D eigenvalue weighted by molar-refractivity contribution is 0.0470. The van der Waals surface area contributed by atoms with Crippen molar-refractivity contribution in [3.05, 3.63) is 65.9 Å². The van der Waals surface area contributed by atoms with E-state index in [0.717, 1.165) is 0 Å². The fourth-order valence-electron chi connectivity index (χ4n) is 2.10. The summed E-state index contributed by atoms with van der Waals surface area (Å²) in [6.07, 6.45) is 3.03. The van der Waals surface area contributed by atoms with Crippen molar-refractivity contribution in [1.82, 2.24) is 10.3 Å². The van der Waals surface area contributed by atoms with E-state index in [1.807, 2.05) is 0 Å². The smallest absolute Gasteiger partial charge is 0.374 e. The zero-order valence-electron chi connectivity index (χ0n) is 12.5. The number of esters is 1. The highest BCUT2D eigenvalue weighted by molar-refractivity contribution is 5.94. The van der Waals surface area contributed by atoms with Gasteiger partial charge >= 0.3 is 5.97 Å². The zero-order chi connectivity index (χ0) is 16.9. The summed E-state index contributed by atoms with van der Waals surface area (Å²) >= 11 is 0. The van der Waals surface area contributed by atoms with E-state index in [4.69, 9.17) is 9.15 Å². The van der Waals surface area contributed by atoms with Crippen molar-refractivity contribution in [2.24, 2.45) is 0 Å². The third kappa shape index (κ3) is 3.57.